The molecular formula is C15H11FN4. The van der Waals surface area contributed by atoms with Crippen LogP contribution in [0.2, 0.25) is 0 Å². The van der Waals surface area contributed by atoms with E-state index < -0.39 is 0 Å². The topological polar surface area (TPSA) is 54.5 Å². The molecule has 1 aromatic carbocycles. The fourth-order valence-electron chi connectivity index (χ4n) is 2.14. The first kappa shape index (κ1) is 12.3. The summed E-state index contributed by atoms with van der Waals surface area (Å²) < 4.78 is 15.3. The minimum atomic E-state index is -0.290. The Hall–Kier alpha value is -2.74. The first-order valence-corrected chi connectivity index (χ1v) is 6.15. The third-order valence-corrected chi connectivity index (χ3v) is 3.11. The van der Waals surface area contributed by atoms with Gasteiger partial charge in [-0.15, -0.1) is 0 Å². The predicted octanol–water partition coefficient (Wildman–Crippen LogP) is 2.80. The number of nitriles is 1. The number of aromatic nitrogens is 3. The highest BCUT2D eigenvalue weighted by atomic mass is 19.1. The van der Waals surface area contributed by atoms with E-state index in [1.54, 1.807) is 29.1 Å². The quantitative estimate of drug-likeness (QED) is 0.716. The lowest BCUT2D eigenvalue weighted by atomic mass is 10.2. The number of aryl methyl sites for hydroxylation is 1. The van der Waals surface area contributed by atoms with Crippen LogP contribution in [0.1, 0.15) is 16.8 Å². The third kappa shape index (κ3) is 2.01. The maximum absolute atomic E-state index is 13.7. The van der Waals surface area contributed by atoms with Crippen LogP contribution in [0.4, 0.5) is 4.39 Å². The van der Waals surface area contributed by atoms with E-state index in [9.17, 15) is 4.39 Å². The van der Waals surface area contributed by atoms with Gasteiger partial charge in [-0.25, -0.2) is 14.1 Å². The van der Waals surface area contributed by atoms with Gasteiger partial charge in [-0.2, -0.15) is 10.4 Å². The Kier molecular flexibility index (Phi) is 2.92. The summed E-state index contributed by atoms with van der Waals surface area (Å²) in [5, 5.41) is 14.0. The minimum absolute atomic E-state index is 0.251. The summed E-state index contributed by atoms with van der Waals surface area (Å²) in [5.74, 6) is -0.290. The molecule has 2 aromatic heterocycles. The molecule has 0 radical (unpaired) electrons. The number of hydrogen-bond acceptors (Lipinski definition) is 3. The van der Waals surface area contributed by atoms with Crippen LogP contribution in [-0.4, -0.2) is 14.8 Å². The van der Waals surface area contributed by atoms with Crippen molar-refractivity contribution in [2.75, 3.05) is 0 Å². The Morgan fingerprint density at radius 1 is 1.35 bits per heavy atom. The molecule has 5 heteroatoms. The highest BCUT2D eigenvalue weighted by Crippen LogP contribution is 2.19. The molecule has 0 saturated carbocycles. The highest BCUT2D eigenvalue weighted by Gasteiger charge is 2.13. The molecular weight excluding hydrogens is 255 g/mol. The fraction of sp³-hybridized carbons (Fsp3) is 0.133. The van der Waals surface area contributed by atoms with Crippen LogP contribution in [0, 0.1) is 24.1 Å². The van der Waals surface area contributed by atoms with E-state index >= 15 is 0 Å². The van der Waals surface area contributed by atoms with E-state index in [2.05, 4.69) is 16.2 Å². The molecule has 98 valence electrons. The van der Waals surface area contributed by atoms with E-state index in [4.69, 9.17) is 5.26 Å². The van der Waals surface area contributed by atoms with Crippen LogP contribution in [0.5, 0.6) is 0 Å². The normalized spacial score (nSPS) is 10.7. The monoisotopic (exact) mass is 266 g/mol. The maximum atomic E-state index is 13.7. The van der Waals surface area contributed by atoms with Gasteiger partial charge in [0.25, 0.3) is 0 Å². The molecule has 3 aromatic rings. The lowest BCUT2D eigenvalue weighted by Crippen LogP contribution is -2.04. The summed E-state index contributed by atoms with van der Waals surface area (Å²) in [7, 11) is 0. The van der Waals surface area contributed by atoms with Crippen molar-refractivity contribution in [3.63, 3.8) is 0 Å². The second-order valence-electron chi connectivity index (χ2n) is 4.59. The Balaban J connectivity index is 2.13. The predicted molar refractivity (Wildman–Crippen MR) is 72.5 cm³/mol. The van der Waals surface area contributed by atoms with Gasteiger partial charge in [0.05, 0.1) is 11.9 Å². The first-order valence-electron chi connectivity index (χ1n) is 6.15. The summed E-state index contributed by atoms with van der Waals surface area (Å²) >= 11 is 0. The van der Waals surface area contributed by atoms with Crippen molar-refractivity contribution in [3.8, 4) is 6.07 Å². The fourth-order valence-corrected chi connectivity index (χ4v) is 2.14. The zero-order chi connectivity index (χ0) is 14.1. The number of halogens is 1. The van der Waals surface area contributed by atoms with Gasteiger partial charge in [-0.1, -0.05) is 18.2 Å². The SMILES string of the molecule is Cc1cnc2c(c1)c(C#N)nn2Cc1ccccc1F. The van der Waals surface area contributed by atoms with Gasteiger partial charge in [0.2, 0.25) is 0 Å². The lowest BCUT2D eigenvalue weighted by molar-refractivity contribution is 0.588. The molecule has 2 heterocycles. The van der Waals surface area contributed by atoms with Crippen molar-refractivity contribution in [2.24, 2.45) is 0 Å². The number of rotatable bonds is 2. The summed E-state index contributed by atoms with van der Waals surface area (Å²) in [6.45, 7) is 2.16. The summed E-state index contributed by atoms with van der Waals surface area (Å²) in [6.07, 6.45) is 1.71. The molecule has 0 spiro atoms. The second kappa shape index (κ2) is 4.74. The molecule has 0 N–H and O–H groups in total. The van der Waals surface area contributed by atoms with Gasteiger partial charge in [0.15, 0.2) is 11.3 Å². The molecule has 0 atom stereocenters. The smallest absolute Gasteiger partial charge is 0.172 e. The zero-order valence-electron chi connectivity index (χ0n) is 10.8. The largest absolute Gasteiger partial charge is 0.241 e. The number of pyridine rings is 1. The molecule has 0 unspecified atom stereocenters. The van der Waals surface area contributed by atoms with Crippen molar-refractivity contribution in [1.82, 2.24) is 14.8 Å². The molecule has 4 nitrogen and oxygen atoms in total. The van der Waals surface area contributed by atoms with Crippen molar-refractivity contribution in [2.45, 2.75) is 13.5 Å². The van der Waals surface area contributed by atoms with Crippen molar-refractivity contribution >= 4 is 11.0 Å². The van der Waals surface area contributed by atoms with E-state index in [1.807, 2.05) is 13.0 Å². The third-order valence-electron chi connectivity index (χ3n) is 3.11. The van der Waals surface area contributed by atoms with Crippen LogP contribution in [-0.2, 0) is 6.54 Å². The van der Waals surface area contributed by atoms with E-state index in [0.29, 0.717) is 22.3 Å². The summed E-state index contributed by atoms with van der Waals surface area (Å²) in [4.78, 5) is 4.30. The molecule has 3 rings (SSSR count). The van der Waals surface area contributed by atoms with Crippen molar-refractivity contribution in [3.05, 3.63) is 59.2 Å². The minimum Gasteiger partial charge on any atom is -0.241 e. The molecule has 0 bridgehead atoms. The van der Waals surface area contributed by atoms with Crippen molar-refractivity contribution < 1.29 is 4.39 Å². The highest BCUT2D eigenvalue weighted by molar-refractivity contribution is 5.81. The Bertz CT molecular complexity index is 829. The van der Waals surface area contributed by atoms with Crippen LogP contribution in [0.15, 0.2) is 36.5 Å². The van der Waals surface area contributed by atoms with Crippen molar-refractivity contribution in [1.29, 1.82) is 5.26 Å². The molecule has 20 heavy (non-hydrogen) atoms. The Morgan fingerprint density at radius 3 is 2.90 bits per heavy atom. The van der Waals surface area contributed by atoms with E-state index in [0.717, 1.165) is 5.56 Å². The molecule has 0 aliphatic rings. The average Bonchev–Trinajstić information content (AvgIpc) is 2.78. The molecule has 0 saturated heterocycles. The van der Waals surface area contributed by atoms with E-state index in [1.165, 1.54) is 6.07 Å². The van der Waals surface area contributed by atoms with Gasteiger partial charge in [0.1, 0.15) is 11.9 Å². The van der Waals surface area contributed by atoms with E-state index in [-0.39, 0.29) is 12.4 Å². The van der Waals surface area contributed by atoms with Gasteiger partial charge in [-0.3, -0.25) is 0 Å². The lowest BCUT2D eigenvalue weighted by Gasteiger charge is -2.04. The number of nitrogens with zero attached hydrogens (tertiary/aromatic N) is 4. The summed E-state index contributed by atoms with van der Waals surface area (Å²) in [5.41, 5.74) is 2.38. The molecule has 0 amide bonds. The van der Waals surface area contributed by atoms with Crippen LogP contribution < -0.4 is 0 Å². The van der Waals surface area contributed by atoms with Crippen LogP contribution in [0.25, 0.3) is 11.0 Å². The maximum Gasteiger partial charge on any atom is 0.172 e. The standard InChI is InChI=1S/C15H11FN4/c1-10-6-12-14(7-17)19-20(15(12)18-8-10)9-11-4-2-3-5-13(11)16/h2-6,8H,9H2,1H3. The first-order chi connectivity index (χ1) is 9.69. The van der Waals surface area contributed by atoms with Gasteiger partial charge in [-0.05, 0) is 24.6 Å². The van der Waals surface area contributed by atoms with Crippen LogP contribution >= 0.6 is 0 Å². The number of hydrogen-bond donors (Lipinski definition) is 0. The average molecular weight is 266 g/mol. The Labute approximate surface area is 115 Å². The number of benzene rings is 1. The summed E-state index contributed by atoms with van der Waals surface area (Å²) in [6, 6.07) is 10.4. The second-order valence-corrected chi connectivity index (χ2v) is 4.59. The zero-order valence-corrected chi connectivity index (χ0v) is 10.8. The van der Waals surface area contributed by atoms with Crippen LogP contribution in [0.3, 0.4) is 0 Å². The Morgan fingerprint density at radius 2 is 2.15 bits per heavy atom. The van der Waals surface area contributed by atoms with Gasteiger partial charge in [0, 0.05) is 11.8 Å². The number of fused-ring (bicyclic) bond motifs is 1. The molecule has 0 aliphatic heterocycles. The van der Waals surface area contributed by atoms with Gasteiger partial charge < -0.3 is 0 Å². The molecule has 0 aliphatic carbocycles. The van der Waals surface area contributed by atoms with Gasteiger partial charge >= 0.3 is 0 Å². The molecule has 0 fully saturated rings.